The predicted octanol–water partition coefficient (Wildman–Crippen LogP) is 5.44. The third kappa shape index (κ3) is 6.37. The maximum absolute atomic E-state index is 6.07. The summed E-state index contributed by atoms with van der Waals surface area (Å²) in [6, 6.07) is 0. The highest BCUT2D eigenvalue weighted by atomic mass is 28.4. The van der Waals surface area contributed by atoms with Crippen LogP contribution in [-0.2, 0) is 28.7 Å². The Kier molecular flexibility index (Phi) is 7.43. The molecule has 2 aliphatic carbocycles. The first-order valence-corrected chi connectivity index (χ1v) is 16.7. The maximum Gasteiger partial charge on any atom is 0.308 e. The summed E-state index contributed by atoms with van der Waals surface area (Å²) in [6.07, 6.45) is 11.7. The molecule has 0 aromatic carbocycles. The van der Waals surface area contributed by atoms with Gasteiger partial charge in [0.2, 0.25) is 11.6 Å². The highest BCUT2D eigenvalue weighted by Gasteiger charge is 2.45. The van der Waals surface area contributed by atoms with Gasteiger partial charge in [0.25, 0.3) is 0 Å². The lowest BCUT2D eigenvalue weighted by atomic mass is 10.1. The first-order chi connectivity index (χ1) is 13.2. The fraction of sp³-hybridized carbons (Fsp3) is 0.900. The molecule has 6 nitrogen and oxygen atoms in total. The molecule has 0 aromatic heterocycles. The standard InChI is InChI=1S/C20H36O6Si2/c1-27(2)17-18-28(3,4)26-24-20(15-11-7-8-12-16-20)22-21-19(23-25-27)13-9-5-6-10-14-19/h5-16H2,1-4H3. The van der Waals surface area contributed by atoms with E-state index in [1.165, 1.54) is 25.7 Å². The van der Waals surface area contributed by atoms with Gasteiger partial charge in [0, 0.05) is 25.7 Å². The monoisotopic (exact) mass is 428 g/mol. The van der Waals surface area contributed by atoms with Crippen LogP contribution in [0.3, 0.4) is 0 Å². The van der Waals surface area contributed by atoms with Crippen molar-refractivity contribution < 1.29 is 28.7 Å². The average Bonchev–Trinajstić information content (AvgIpc) is 3.04. The average molecular weight is 429 g/mol. The van der Waals surface area contributed by atoms with Gasteiger partial charge in [0.05, 0.1) is 0 Å². The molecule has 0 amide bonds. The highest BCUT2D eigenvalue weighted by molar-refractivity contribution is 6.84. The van der Waals surface area contributed by atoms with E-state index in [2.05, 4.69) is 11.1 Å². The van der Waals surface area contributed by atoms with Crippen LogP contribution < -0.4 is 0 Å². The molecule has 2 fully saturated rings. The van der Waals surface area contributed by atoms with Crippen molar-refractivity contribution in [1.29, 1.82) is 0 Å². The summed E-state index contributed by atoms with van der Waals surface area (Å²) in [7, 11) is -4.72. The van der Waals surface area contributed by atoms with E-state index < -0.39 is 28.2 Å². The van der Waals surface area contributed by atoms with E-state index >= 15 is 0 Å². The quantitative estimate of drug-likeness (QED) is 0.291. The minimum Gasteiger partial charge on any atom is -0.268 e. The Morgan fingerprint density at radius 3 is 1.14 bits per heavy atom. The fourth-order valence-corrected chi connectivity index (χ4v) is 6.96. The van der Waals surface area contributed by atoms with Gasteiger partial charge in [-0.15, -0.1) is 0 Å². The molecule has 0 unspecified atom stereocenters. The van der Waals surface area contributed by atoms with Crippen LogP contribution in [0.4, 0.5) is 0 Å². The highest BCUT2D eigenvalue weighted by Crippen LogP contribution is 2.38. The molecule has 1 aliphatic heterocycles. The number of rotatable bonds is 0. The van der Waals surface area contributed by atoms with Crippen LogP contribution in [0.25, 0.3) is 0 Å². The van der Waals surface area contributed by atoms with Crippen LogP contribution in [0.15, 0.2) is 0 Å². The van der Waals surface area contributed by atoms with E-state index in [0.29, 0.717) is 0 Å². The van der Waals surface area contributed by atoms with E-state index in [-0.39, 0.29) is 0 Å². The van der Waals surface area contributed by atoms with Crippen LogP contribution in [0.1, 0.15) is 77.0 Å². The normalized spacial score (nSPS) is 30.1. The largest absolute Gasteiger partial charge is 0.308 e. The Bertz CT molecular complexity index is 519. The molecule has 8 heteroatoms. The summed E-state index contributed by atoms with van der Waals surface area (Å²) in [5.74, 6) is -1.81. The summed E-state index contributed by atoms with van der Waals surface area (Å²) in [5, 5.41) is 0. The van der Waals surface area contributed by atoms with Crippen LogP contribution in [-0.4, -0.2) is 28.2 Å². The lowest BCUT2D eigenvalue weighted by Gasteiger charge is -2.38. The van der Waals surface area contributed by atoms with Crippen molar-refractivity contribution in [1.82, 2.24) is 0 Å². The topological polar surface area (TPSA) is 55.4 Å². The van der Waals surface area contributed by atoms with Gasteiger partial charge in [0.1, 0.15) is 0 Å². The number of hydrogen-bond donors (Lipinski definition) is 0. The second-order valence-electron chi connectivity index (χ2n) is 9.42. The zero-order valence-corrected chi connectivity index (χ0v) is 19.9. The fourth-order valence-electron chi connectivity index (χ4n) is 3.75. The van der Waals surface area contributed by atoms with Gasteiger partial charge in [0.15, 0.2) is 0 Å². The molecule has 0 atom stereocenters. The number of hydrogen-bond acceptors (Lipinski definition) is 6. The molecule has 2 saturated carbocycles. The van der Waals surface area contributed by atoms with Crippen LogP contribution >= 0.6 is 0 Å². The summed E-state index contributed by atoms with van der Waals surface area (Å²) < 4.78 is 11.9. The lowest BCUT2D eigenvalue weighted by molar-refractivity contribution is -0.566. The Morgan fingerprint density at radius 1 is 0.500 bits per heavy atom. The minimum atomic E-state index is -2.36. The Balaban J connectivity index is 1.89. The van der Waals surface area contributed by atoms with E-state index in [1.807, 2.05) is 26.2 Å². The first kappa shape index (κ1) is 22.4. The van der Waals surface area contributed by atoms with Crippen molar-refractivity contribution in [2.45, 2.75) is 115 Å². The summed E-state index contributed by atoms with van der Waals surface area (Å²) in [4.78, 5) is 24.1. The Labute approximate surface area is 171 Å². The van der Waals surface area contributed by atoms with Crippen LogP contribution in [0.2, 0.25) is 26.2 Å². The molecular formula is C20H36O6Si2. The third-order valence-electron chi connectivity index (χ3n) is 5.54. The molecule has 160 valence electrons. The van der Waals surface area contributed by atoms with Crippen LogP contribution in [0.5, 0.6) is 0 Å². The van der Waals surface area contributed by atoms with Gasteiger partial charge in [-0.1, -0.05) is 36.8 Å². The minimum absolute atomic E-state index is 0.738. The summed E-state index contributed by atoms with van der Waals surface area (Å²) in [5.41, 5.74) is 6.62. The molecule has 3 aliphatic rings. The van der Waals surface area contributed by atoms with Crippen molar-refractivity contribution in [3.63, 3.8) is 0 Å². The molecule has 3 rings (SSSR count). The zero-order valence-electron chi connectivity index (χ0n) is 17.9. The zero-order chi connectivity index (χ0) is 20.1. The van der Waals surface area contributed by atoms with Gasteiger partial charge in [-0.3, -0.25) is 9.15 Å². The molecule has 0 radical (unpaired) electrons. The van der Waals surface area contributed by atoms with Crippen molar-refractivity contribution in [3.05, 3.63) is 0 Å². The van der Waals surface area contributed by atoms with Crippen molar-refractivity contribution >= 4 is 16.6 Å². The second kappa shape index (κ2) is 9.27. The third-order valence-corrected chi connectivity index (χ3v) is 8.25. The molecule has 0 bridgehead atoms. The van der Waals surface area contributed by atoms with Gasteiger partial charge in [-0.05, 0) is 51.9 Å². The predicted molar refractivity (Wildman–Crippen MR) is 110 cm³/mol. The van der Waals surface area contributed by atoms with Gasteiger partial charge >= 0.3 is 16.6 Å². The van der Waals surface area contributed by atoms with E-state index in [9.17, 15) is 0 Å². The van der Waals surface area contributed by atoms with Gasteiger partial charge < -0.3 is 0 Å². The molecular weight excluding hydrogens is 392 g/mol. The summed E-state index contributed by atoms with van der Waals surface area (Å²) >= 11 is 0. The van der Waals surface area contributed by atoms with Crippen molar-refractivity contribution in [2.75, 3.05) is 0 Å². The van der Waals surface area contributed by atoms with E-state index in [0.717, 1.165) is 51.4 Å². The summed E-state index contributed by atoms with van der Waals surface area (Å²) in [6.45, 7) is 8.09. The first-order valence-electron chi connectivity index (χ1n) is 10.9. The Morgan fingerprint density at radius 2 is 0.821 bits per heavy atom. The molecule has 0 aromatic rings. The smallest absolute Gasteiger partial charge is 0.268 e. The van der Waals surface area contributed by atoms with Gasteiger partial charge in [-0.2, -0.15) is 9.78 Å². The van der Waals surface area contributed by atoms with Gasteiger partial charge in [-0.25, -0.2) is 9.78 Å². The van der Waals surface area contributed by atoms with Crippen LogP contribution in [0, 0.1) is 11.1 Å². The van der Waals surface area contributed by atoms with E-state index in [1.54, 1.807) is 0 Å². The molecule has 28 heavy (non-hydrogen) atoms. The molecule has 1 heterocycles. The SMILES string of the molecule is C[Si]1(C)C#C[Si](C)(C)OOC2(CCCCCC2)OOC2(CCCCCC2)OO1. The second-order valence-corrected chi connectivity index (χ2v) is 16.3. The van der Waals surface area contributed by atoms with Crippen molar-refractivity contribution in [3.8, 4) is 11.1 Å². The maximum atomic E-state index is 6.07. The lowest BCUT2D eigenvalue weighted by Crippen LogP contribution is -2.47. The molecule has 0 saturated heterocycles. The molecule has 2 spiro atoms. The molecule has 0 N–H and O–H groups in total. The van der Waals surface area contributed by atoms with E-state index in [4.69, 9.17) is 28.7 Å². The Hall–Kier alpha value is -0.246. The van der Waals surface area contributed by atoms with Crippen molar-refractivity contribution in [2.24, 2.45) is 0 Å².